The highest BCUT2D eigenvalue weighted by atomic mass is 16.5. The molecule has 3 aromatic carbocycles. The molecule has 0 radical (unpaired) electrons. The maximum atomic E-state index is 13.3. The van der Waals surface area contributed by atoms with E-state index in [0.29, 0.717) is 6.42 Å². The summed E-state index contributed by atoms with van der Waals surface area (Å²) in [5.74, 6) is -0.263. The summed E-state index contributed by atoms with van der Waals surface area (Å²) in [6, 6.07) is 26.2. The lowest BCUT2D eigenvalue weighted by Crippen LogP contribution is -2.48. The summed E-state index contributed by atoms with van der Waals surface area (Å²) in [7, 11) is 1.97. The van der Waals surface area contributed by atoms with E-state index >= 15 is 0 Å². The second-order valence-electron chi connectivity index (χ2n) is 8.39. The van der Waals surface area contributed by atoms with E-state index in [1.54, 1.807) is 0 Å². The molecule has 2 amide bonds. The first kappa shape index (κ1) is 23.1. The molecule has 6 heteroatoms. The number of aryl methyl sites for hydroxylation is 1. The van der Waals surface area contributed by atoms with Gasteiger partial charge in [0.15, 0.2) is 0 Å². The Kier molecular flexibility index (Phi) is 7.28. The van der Waals surface area contributed by atoms with Crippen molar-refractivity contribution < 1.29 is 14.3 Å². The monoisotopic (exact) mass is 455 g/mol. The molecule has 34 heavy (non-hydrogen) atoms. The van der Waals surface area contributed by atoms with Crippen molar-refractivity contribution in [3.8, 4) is 0 Å². The van der Waals surface area contributed by atoms with Crippen LogP contribution >= 0.6 is 0 Å². The summed E-state index contributed by atoms with van der Waals surface area (Å²) < 4.78 is 7.42. The Labute approximate surface area is 199 Å². The maximum absolute atomic E-state index is 13.3. The predicted molar refractivity (Wildman–Crippen MR) is 133 cm³/mol. The number of fused-ring (bicyclic) bond motifs is 1. The van der Waals surface area contributed by atoms with Crippen LogP contribution in [-0.4, -0.2) is 22.6 Å². The first-order chi connectivity index (χ1) is 16.5. The molecule has 4 aromatic rings. The second kappa shape index (κ2) is 10.7. The number of hydrogen-bond donors (Lipinski definition) is 2. The quantitative estimate of drug-likeness (QED) is 0.397. The van der Waals surface area contributed by atoms with Crippen LogP contribution in [-0.2, 0) is 29.6 Å². The minimum absolute atomic E-state index is 0.135. The van der Waals surface area contributed by atoms with Crippen LogP contribution in [0.5, 0.6) is 0 Å². The van der Waals surface area contributed by atoms with E-state index in [4.69, 9.17) is 4.74 Å². The summed E-state index contributed by atoms with van der Waals surface area (Å²) >= 11 is 0. The average molecular weight is 456 g/mol. The van der Waals surface area contributed by atoms with E-state index in [1.807, 2.05) is 110 Å². The van der Waals surface area contributed by atoms with Gasteiger partial charge in [0.05, 0.1) is 6.04 Å². The van der Waals surface area contributed by atoms with Crippen molar-refractivity contribution >= 4 is 22.9 Å². The van der Waals surface area contributed by atoms with Crippen LogP contribution in [0.4, 0.5) is 4.79 Å². The number of para-hydroxylation sites is 1. The zero-order chi connectivity index (χ0) is 23.9. The van der Waals surface area contributed by atoms with Gasteiger partial charge in [-0.05, 0) is 29.7 Å². The highest BCUT2D eigenvalue weighted by molar-refractivity contribution is 5.88. The summed E-state index contributed by atoms with van der Waals surface area (Å²) in [5.41, 5.74) is 3.92. The molecule has 2 N–H and O–H groups in total. The molecule has 2 unspecified atom stereocenters. The zero-order valence-corrected chi connectivity index (χ0v) is 19.4. The first-order valence-corrected chi connectivity index (χ1v) is 11.4. The van der Waals surface area contributed by atoms with Crippen molar-refractivity contribution in [1.29, 1.82) is 0 Å². The van der Waals surface area contributed by atoms with E-state index in [9.17, 15) is 9.59 Å². The predicted octanol–water partition coefficient (Wildman–Crippen LogP) is 4.89. The Hall–Kier alpha value is -4.06. The molecule has 0 aliphatic carbocycles. The van der Waals surface area contributed by atoms with Crippen molar-refractivity contribution in [3.05, 3.63) is 108 Å². The summed E-state index contributed by atoms with van der Waals surface area (Å²) in [6.07, 6.45) is 1.72. The molecular formula is C28H29N3O3. The third-order valence-electron chi connectivity index (χ3n) is 5.88. The number of carbonyl (C=O) groups is 2. The SMILES string of the molecule is CC(NC(=O)C(Cc1cn(C)c2ccccc12)NC(=O)OCc1ccccc1)c1ccccc1. The van der Waals surface area contributed by atoms with Gasteiger partial charge in [0, 0.05) is 30.6 Å². The molecule has 4 rings (SSSR count). The lowest BCUT2D eigenvalue weighted by atomic mass is 10.0. The number of ether oxygens (including phenoxy) is 1. The number of amides is 2. The highest BCUT2D eigenvalue weighted by Crippen LogP contribution is 2.22. The Morgan fingerprint density at radius 2 is 1.53 bits per heavy atom. The third-order valence-corrected chi connectivity index (χ3v) is 5.88. The van der Waals surface area contributed by atoms with Gasteiger partial charge in [0.25, 0.3) is 0 Å². The molecule has 0 saturated heterocycles. The van der Waals surface area contributed by atoms with E-state index in [-0.39, 0.29) is 18.6 Å². The van der Waals surface area contributed by atoms with Crippen LogP contribution < -0.4 is 10.6 Å². The van der Waals surface area contributed by atoms with Crippen LogP contribution in [0.1, 0.15) is 29.7 Å². The fourth-order valence-electron chi connectivity index (χ4n) is 4.06. The fourth-order valence-corrected chi connectivity index (χ4v) is 4.06. The molecule has 0 bridgehead atoms. The van der Waals surface area contributed by atoms with Gasteiger partial charge < -0.3 is 19.9 Å². The number of nitrogens with zero attached hydrogens (tertiary/aromatic N) is 1. The summed E-state index contributed by atoms with van der Waals surface area (Å²) in [4.78, 5) is 25.9. The van der Waals surface area contributed by atoms with Gasteiger partial charge in [-0.2, -0.15) is 0 Å². The molecule has 0 aliphatic heterocycles. The number of hydrogen-bond acceptors (Lipinski definition) is 3. The van der Waals surface area contributed by atoms with E-state index in [2.05, 4.69) is 10.6 Å². The molecule has 0 saturated carbocycles. The number of nitrogens with one attached hydrogen (secondary N) is 2. The molecule has 0 fully saturated rings. The fraction of sp³-hybridized carbons (Fsp3) is 0.214. The first-order valence-electron chi connectivity index (χ1n) is 11.4. The number of alkyl carbamates (subject to hydrolysis) is 1. The number of carbonyl (C=O) groups excluding carboxylic acids is 2. The van der Waals surface area contributed by atoms with Crippen LogP contribution in [0, 0.1) is 0 Å². The Balaban J connectivity index is 1.51. The van der Waals surface area contributed by atoms with E-state index in [0.717, 1.165) is 27.6 Å². The van der Waals surface area contributed by atoms with Gasteiger partial charge in [-0.1, -0.05) is 78.9 Å². The molecule has 2 atom stereocenters. The lowest BCUT2D eigenvalue weighted by molar-refractivity contribution is -0.123. The van der Waals surface area contributed by atoms with Crippen molar-refractivity contribution in [1.82, 2.24) is 15.2 Å². The Bertz CT molecular complexity index is 1250. The average Bonchev–Trinajstić information content (AvgIpc) is 3.18. The smallest absolute Gasteiger partial charge is 0.408 e. The third kappa shape index (κ3) is 5.64. The number of rotatable bonds is 8. The van der Waals surface area contributed by atoms with Crippen molar-refractivity contribution in [3.63, 3.8) is 0 Å². The summed E-state index contributed by atoms with van der Waals surface area (Å²) in [6.45, 7) is 2.06. The molecular weight excluding hydrogens is 426 g/mol. The van der Waals surface area contributed by atoms with Gasteiger partial charge in [-0.25, -0.2) is 4.79 Å². The topological polar surface area (TPSA) is 72.4 Å². The van der Waals surface area contributed by atoms with E-state index in [1.165, 1.54) is 0 Å². The largest absolute Gasteiger partial charge is 0.445 e. The van der Waals surface area contributed by atoms with Gasteiger partial charge in [0.2, 0.25) is 5.91 Å². The normalized spacial score (nSPS) is 12.6. The standard InChI is InChI=1S/C28H29N3O3/c1-20(22-13-7-4-8-14-22)29-27(32)25(30-28(33)34-19-21-11-5-3-6-12-21)17-23-18-31(2)26-16-10-9-15-24(23)26/h3-16,18,20,25H,17,19H2,1-2H3,(H,29,32)(H,30,33). The molecule has 1 heterocycles. The van der Waals surface area contributed by atoms with Gasteiger partial charge >= 0.3 is 6.09 Å². The Morgan fingerprint density at radius 3 is 2.26 bits per heavy atom. The molecule has 1 aromatic heterocycles. The molecule has 174 valence electrons. The van der Waals surface area contributed by atoms with Crippen molar-refractivity contribution in [2.75, 3.05) is 0 Å². The van der Waals surface area contributed by atoms with Crippen molar-refractivity contribution in [2.45, 2.75) is 32.0 Å². The zero-order valence-electron chi connectivity index (χ0n) is 19.4. The van der Waals surface area contributed by atoms with Crippen LogP contribution in [0.3, 0.4) is 0 Å². The minimum Gasteiger partial charge on any atom is -0.445 e. The summed E-state index contributed by atoms with van der Waals surface area (Å²) in [5, 5.41) is 6.87. The number of aromatic nitrogens is 1. The maximum Gasteiger partial charge on any atom is 0.408 e. The van der Waals surface area contributed by atoms with Crippen LogP contribution in [0.15, 0.2) is 91.1 Å². The van der Waals surface area contributed by atoms with Gasteiger partial charge in [-0.15, -0.1) is 0 Å². The molecule has 0 aliphatic rings. The second-order valence-corrected chi connectivity index (χ2v) is 8.39. The lowest BCUT2D eigenvalue weighted by Gasteiger charge is -2.21. The Morgan fingerprint density at radius 1 is 0.882 bits per heavy atom. The number of benzene rings is 3. The van der Waals surface area contributed by atoms with Crippen LogP contribution in [0.25, 0.3) is 10.9 Å². The van der Waals surface area contributed by atoms with Crippen molar-refractivity contribution in [2.24, 2.45) is 7.05 Å². The molecule has 6 nitrogen and oxygen atoms in total. The highest BCUT2D eigenvalue weighted by Gasteiger charge is 2.25. The van der Waals surface area contributed by atoms with Gasteiger partial charge in [0.1, 0.15) is 12.6 Å². The molecule has 0 spiro atoms. The van der Waals surface area contributed by atoms with Crippen LogP contribution in [0.2, 0.25) is 0 Å². The van der Waals surface area contributed by atoms with Gasteiger partial charge in [-0.3, -0.25) is 4.79 Å². The van der Waals surface area contributed by atoms with E-state index < -0.39 is 12.1 Å². The minimum atomic E-state index is -0.791.